The molecular weight excluding hydrogens is 281 g/mol. The summed E-state index contributed by atoms with van der Waals surface area (Å²) in [5.74, 6) is -0.258. The number of thiocarbonyl (C=S) groups is 1. The van der Waals surface area contributed by atoms with Gasteiger partial charge in [-0.1, -0.05) is 23.2 Å². The van der Waals surface area contributed by atoms with Gasteiger partial charge in [0.25, 0.3) is 0 Å². The number of nitrogens with one attached hydrogen (secondary N) is 3. The lowest BCUT2D eigenvalue weighted by atomic mass is 10.3. The van der Waals surface area contributed by atoms with Crippen LogP contribution in [0.25, 0.3) is 0 Å². The van der Waals surface area contributed by atoms with Crippen LogP contribution in [-0.4, -0.2) is 24.6 Å². The smallest absolute Gasteiger partial charge is 0.243 e. The molecule has 0 aromatic heterocycles. The van der Waals surface area contributed by atoms with Crippen molar-refractivity contribution in [1.29, 1.82) is 0 Å². The maximum Gasteiger partial charge on any atom is 0.243 e. The molecule has 0 aliphatic rings. The number of carbonyl (C=O) groups is 1. The Bertz CT molecular complexity index is 440. The van der Waals surface area contributed by atoms with E-state index in [4.69, 9.17) is 35.4 Å². The number of anilines is 1. The summed E-state index contributed by atoms with van der Waals surface area (Å²) in [7, 11) is 1.67. The third-order valence-corrected chi connectivity index (χ3v) is 2.75. The van der Waals surface area contributed by atoms with Gasteiger partial charge in [-0.2, -0.15) is 0 Å². The van der Waals surface area contributed by atoms with E-state index in [1.807, 2.05) is 0 Å². The standard InChI is InChI=1S/C10H11Cl2N3OS/c1-13-10(17)14-5-9(16)15-8-4-6(11)2-3-7(8)12/h2-4H,5H2,1H3,(H,15,16)(H2,13,14,17). The van der Waals surface area contributed by atoms with Gasteiger partial charge in [0.05, 0.1) is 17.3 Å². The predicted molar refractivity (Wildman–Crippen MR) is 74.8 cm³/mol. The molecule has 0 saturated carbocycles. The van der Waals surface area contributed by atoms with E-state index in [0.717, 1.165) is 0 Å². The van der Waals surface area contributed by atoms with Gasteiger partial charge >= 0.3 is 0 Å². The van der Waals surface area contributed by atoms with Gasteiger partial charge in [0.2, 0.25) is 5.91 Å². The van der Waals surface area contributed by atoms with Gasteiger partial charge in [0.15, 0.2) is 5.11 Å². The molecule has 0 aliphatic carbocycles. The van der Waals surface area contributed by atoms with Crippen molar-refractivity contribution in [3.05, 3.63) is 28.2 Å². The van der Waals surface area contributed by atoms with E-state index in [1.54, 1.807) is 25.2 Å². The maximum atomic E-state index is 11.5. The fourth-order valence-corrected chi connectivity index (χ4v) is 1.45. The fraction of sp³-hybridized carbons (Fsp3) is 0.200. The van der Waals surface area contributed by atoms with Crippen LogP contribution in [0, 0.1) is 0 Å². The largest absolute Gasteiger partial charge is 0.366 e. The van der Waals surface area contributed by atoms with Crippen LogP contribution < -0.4 is 16.0 Å². The number of carbonyl (C=O) groups excluding carboxylic acids is 1. The minimum Gasteiger partial charge on any atom is -0.366 e. The second-order valence-corrected chi connectivity index (χ2v) is 4.36. The Balaban J connectivity index is 2.56. The number of rotatable bonds is 3. The molecule has 1 rings (SSSR count). The number of amides is 1. The van der Waals surface area contributed by atoms with E-state index in [2.05, 4.69) is 16.0 Å². The molecule has 7 heteroatoms. The highest BCUT2D eigenvalue weighted by molar-refractivity contribution is 7.80. The molecule has 1 aromatic rings. The van der Waals surface area contributed by atoms with Crippen LogP contribution in [0.1, 0.15) is 0 Å². The first-order chi connectivity index (χ1) is 8.02. The monoisotopic (exact) mass is 291 g/mol. The molecular formula is C10H11Cl2N3OS. The average Bonchev–Trinajstić information content (AvgIpc) is 2.30. The molecule has 0 bridgehead atoms. The molecule has 17 heavy (non-hydrogen) atoms. The van der Waals surface area contributed by atoms with Gasteiger partial charge in [-0.25, -0.2) is 0 Å². The van der Waals surface area contributed by atoms with E-state index in [9.17, 15) is 4.79 Å². The van der Waals surface area contributed by atoms with Gasteiger partial charge in [-0.15, -0.1) is 0 Å². The summed E-state index contributed by atoms with van der Waals surface area (Å²) < 4.78 is 0. The fourth-order valence-electron chi connectivity index (χ4n) is 1.04. The van der Waals surface area contributed by atoms with Gasteiger partial charge in [0, 0.05) is 12.1 Å². The van der Waals surface area contributed by atoms with Crippen LogP contribution in [0.2, 0.25) is 10.0 Å². The molecule has 3 N–H and O–H groups in total. The molecule has 0 spiro atoms. The van der Waals surface area contributed by atoms with Gasteiger partial charge in [-0.05, 0) is 30.4 Å². The summed E-state index contributed by atoms with van der Waals surface area (Å²) in [6.45, 7) is 0.0581. The summed E-state index contributed by atoms with van der Waals surface area (Å²) in [4.78, 5) is 11.5. The van der Waals surface area contributed by atoms with Crippen molar-refractivity contribution < 1.29 is 4.79 Å². The highest BCUT2D eigenvalue weighted by atomic mass is 35.5. The number of hydrogen-bond donors (Lipinski definition) is 3. The second-order valence-electron chi connectivity index (χ2n) is 3.11. The Labute approximate surface area is 115 Å². The molecule has 0 atom stereocenters. The van der Waals surface area contributed by atoms with Crippen molar-refractivity contribution in [2.45, 2.75) is 0 Å². The highest BCUT2D eigenvalue weighted by Crippen LogP contribution is 2.25. The van der Waals surface area contributed by atoms with E-state index < -0.39 is 0 Å². The van der Waals surface area contributed by atoms with Crippen molar-refractivity contribution in [1.82, 2.24) is 10.6 Å². The Kier molecular flexibility index (Phi) is 5.47. The molecule has 0 heterocycles. The van der Waals surface area contributed by atoms with E-state index in [0.29, 0.717) is 20.8 Å². The zero-order valence-electron chi connectivity index (χ0n) is 9.01. The Hall–Kier alpha value is -1.04. The van der Waals surface area contributed by atoms with Crippen molar-refractivity contribution >= 4 is 52.1 Å². The lowest BCUT2D eigenvalue weighted by molar-refractivity contribution is -0.115. The summed E-state index contributed by atoms with van der Waals surface area (Å²) in [5, 5.41) is 9.37. The zero-order chi connectivity index (χ0) is 12.8. The lowest BCUT2D eigenvalue weighted by Crippen LogP contribution is -2.38. The first-order valence-corrected chi connectivity index (χ1v) is 5.90. The third-order valence-electron chi connectivity index (χ3n) is 1.84. The van der Waals surface area contributed by atoms with E-state index in [-0.39, 0.29) is 12.5 Å². The van der Waals surface area contributed by atoms with Crippen LogP contribution in [-0.2, 0) is 4.79 Å². The SMILES string of the molecule is CNC(=S)NCC(=O)Nc1cc(Cl)ccc1Cl. The Morgan fingerprint density at radius 1 is 1.41 bits per heavy atom. The highest BCUT2D eigenvalue weighted by Gasteiger charge is 2.06. The van der Waals surface area contributed by atoms with Crippen molar-refractivity contribution in [2.75, 3.05) is 18.9 Å². The normalized spacial score (nSPS) is 9.59. The van der Waals surface area contributed by atoms with Crippen LogP contribution in [0.5, 0.6) is 0 Å². The zero-order valence-corrected chi connectivity index (χ0v) is 11.3. The molecule has 4 nitrogen and oxygen atoms in total. The average molecular weight is 292 g/mol. The number of benzene rings is 1. The van der Waals surface area contributed by atoms with Crippen molar-refractivity contribution in [2.24, 2.45) is 0 Å². The Morgan fingerprint density at radius 3 is 2.76 bits per heavy atom. The predicted octanol–water partition coefficient (Wildman–Crippen LogP) is 2.03. The number of halogens is 2. The molecule has 1 amide bonds. The van der Waals surface area contributed by atoms with Gasteiger partial charge in [0.1, 0.15) is 0 Å². The molecule has 0 saturated heterocycles. The molecule has 0 fully saturated rings. The van der Waals surface area contributed by atoms with Crippen LogP contribution in [0.15, 0.2) is 18.2 Å². The maximum absolute atomic E-state index is 11.5. The van der Waals surface area contributed by atoms with Crippen LogP contribution >= 0.6 is 35.4 Å². The molecule has 92 valence electrons. The minimum atomic E-state index is -0.258. The Morgan fingerprint density at radius 2 is 2.12 bits per heavy atom. The van der Waals surface area contributed by atoms with Crippen molar-refractivity contribution in [3.8, 4) is 0 Å². The first kappa shape index (κ1) is 14.0. The minimum absolute atomic E-state index is 0.0581. The topological polar surface area (TPSA) is 53.2 Å². The summed E-state index contributed by atoms with van der Waals surface area (Å²) in [6.07, 6.45) is 0. The lowest BCUT2D eigenvalue weighted by Gasteiger charge is -2.09. The first-order valence-electron chi connectivity index (χ1n) is 4.73. The molecule has 0 aliphatic heterocycles. The molecule has 1 aromatic carbocycles. The summed E-state index contributed by atoms with van der Waals surface area (Å²) in [6, 6.07) is 4.84. The van der Waals surface area contributed by atoms with Gasteiger partial charge in [-0.3, -0.25) is 4.79 Å². The number of hydrogen-bond acceptors (Lipinski definition) is 2. The van der Waals surface area contributed by atoms with Crippen LogP contribution in [0.4, 0.5) is 5.69 Å². The molecule has 0 radical (unpaired) electrons. The molecule has 0 unspecified atom stereocenters. The van der Waals surface area contributed by atoms with E-state index >= 15 is 0 Å². The summed E-state index contributed by atoms with van der Waals surface area (Å²) in [5.41, 5.74) is 0.473. The second kappa shape index (κ2) is 6.64. The van der Waals surface area contributed by atoms with Crippen molar-refractivity contribution in [3.63, 3.8) is 0 Å². The quantitative estimate of drug-likeness (QED) is 0.746. The summed E-state index contributed by atoms with van der Waals surface area (Å²) >= 11 is 16.5. The van der Waals surface area contributed by atoms with Gasteiger partial charge < -0.3 is 16.0 Å². The van der Waals surface area contributed by atoms with E-state index in [1.165, 1.54) is 0 Å². The van der Waals surface area contributed by atoms with Crippen LogP contribution in [0.3, 0.4) is 0 Å². The third kappa shape index (κ3) is 4.77.